The summed E-state index contributed by atoms with van der Waals surface area (Å²) in [4.78, 5) is 4.09. The Bertz CT molecular complexity index is 669. The van der Waals surface area contributed by atoms with E-state index in [2.05, 4.69) is 22.9 Å². The van der Waals surface area contributed by atoms with Crippen molar-refractivity contribution in [1.29, 1.82) is 5.26 Å². The summed E-state index contributed by atoms with van der Waals surface area (Å²) in [5.74, 6) is -0.535. The summed E-state index contributed by atoms with van der Waals surface area (Å²) in [7, 11) is 0. The van der Waals surface area contributed by atoms with Crippen LogP contribution in [0.5, 0.6) is 0 Å². The number of pyridine rings is 1. The van der Waals surface area contributed by atoms with Crippen molar-refractivity contribution in [2.75, 3.05) is 25.1 Å². The molecule has 1 atom stereocenters. The van der Waals surface area contributed by atoms with Gasteiger partial charge in [-0.2, -0.15) is 5.26 Å². The molecule has 0 radical (unpaired) electrons. The Kier molecular flexibility index (Phi) is 8.60. The van der Waals surface area contributed by atoms with Gasteiger partial charge in [0.15, 0.2) is 5.15 Å². The van der Waals surface area contributed by atoms with Gasteiger partial charge in [0, 0.05) is 37.1 Å². The summed E-state index contributed by atoms with van der Waals surface area (Å²) >= 11 is 6.12. The van der Waals surface area contributed by atoms with E-state index in [1.165, 1.54) is 6.20 Å². The van der Waals surface area contributed by atoms with Gasteiger partial charge in [0.2, 0.25) is 0 Å². The van der Waals surface area contributed by atoms with Crippen LogP contribution in [0.25, 0.3) is 5.57 Å². The van der Waals surface area contributed by atoms with Gasteiger partial charge in [-0.05, 0) is 32.8 Å². The predicted molar refractivity (Wildman–Crippen MR) is 101 cm³/mol. The van der Waals surface area contributed by atoms with Crippen LogP contribution in [-0.4, -0.2) is 24.7 Å². The average molecular weight is 366 g/mol. The molecular weight excluding hydrogens is 341 g/mol. The van der Waals surface area contributed by atoms with E-state index in [1.807, 2.05) is 13.8 Å². The monoisotopic (exact) mass is 365 g/mol. The molecule has 1 rings (SSSR count). The number of hydrogen-bond donors (Lipinski definition) is 1. The van der Waals surface area contributed by atoms with Crippen molar-refractivity contribution in [2.24, 2.45) is 5.41 Å². The standard InChI is InChI=1S/C19H25ClFN3O/c1-5-8-25-9-7-19(4,12-22)13-24-17-10-15(11-23-18(17)20)16(6-2)14(3)21/h6,10-11,24H,3,5,7-9,13H2,1-2,4H3/b16-6+. The molecule has 0 bridgehead atoms. The van der Waals surface area contributed by atoms with Gasteiger partial charge in [0.1, 0.15) is 5.83 Å². The molecule has 0 aliphatic carbocycles. The molecule has 0 amide bonds. The first kappa shape index (κ1) is 21.1. The maximum atomic E-state index is 13.5. The van der Waals surface area contributed by atoms with Gasteiger partial charge in [-0.3, -0.25) is 0 Å². The average Bonchev–Trinajstić information content (AvgIpc) is 2.59. The molecule has 4 nitrogen and oxygen atoms in total. The third-order valence-electron chi connectivity index (χ3n) is 3.82. The van der Waals surface area contributed by atoms with Crippen molar-refractivity contribution in [3.63, 3.8) is 0 Å². The molecule has 0 aliphatic rings. The first-order chi connectivity index (χ1) is 11.9. The minimum Gasteiger partial charge on any atom is -0.381 e. The van der Waals surface area contributed by atoms with Crippen molar-refractivity contribution in [3.05, 3.63) is 41.5 Å². The van der Waals surface area contributed by atoms with Crippen molar-refractivity contribution < 1.29 is 9.13 Å². The maximum Gasteiger partial charge on any atom is 0.152 e. The molecule has 1 aromatic rings. The number of hydrogen-bond acceptors (Lipinski definition) is 4. The van der Waals surface area contributed by atoms with E-state index in [0.29, 0.717) is 43.0 Å². The molecular formula is C19H25ClFN3O. The van der Waals surface area contributed by atoms with E-state index < -0.39 is 11.2 Å². The van der Waals surface area contributed by atoms with E-state index in [1.54, 1.807) is 19.1 Å². The highest BCUT2D eigenvalue weighted by molar-refractivity contribution is 6.32. The molecule has 0 saturated carbocycles. The van der Waals surface area contributed by atoms with Crippen molar-refractivity contribution in [1.82, 2.24) is 4.98 Å². The molecule has 1 aromatic heterocycles. The van der Waals surface area contributed by atoms with Crippen LogP contribution in [0.3, 0.4) is 0 Å². The lowest BCUT2D eigenvalue weighted by Crippen LogP contribution is -2.27. The Morgan fingerprint density at radius 2 is 2.28 bits per heavy atom. The SMILES string of the molecule is C=C(F)/C(=C\C)c1cnc(Cl)c(NCC(C)(C#N)CCOCCC)c1. The minimum absolute atomic E-state index is 0.270. The molecule has 0 saturated heterocycles. The second kappa shape index (κ2) is 10.2. The van der Waals surface area contributed by atoms with Crippen LogP contribution in [0.1, 0.15) is 39.2 Å². The van der Waals surface area contributed by atoms with Gasteiger partial charge in [-0.15, -0.1) is 0 Å². The second-order valence-corrected chi connectivity index (χ2v) is 6.42. The molecule has 0 spiro atoms. The molecule has 1 unspecified atom stereocenters. The Labute approximate surface area is 154 Å². The zero-order valence-corrected chi connectivity index (χ0v) is 15.8. The van der Waals surface area contributed by atoms with E-state index in [-0.39, 0.29) is 5.15 Å². The number of allylic oxidation sites excluding steroid dienone is 3. The summed E-state index contributed by atoms with van der Waals surface area (Å²) in [5.41, 5.74) is 0.881. The molecule has 0 aliphatic heterocycles. The van der Waals surface area contributed by atoms with E-state index in [0.717, 1.165) is 6.42 Å². The Balaban J connectivity index is 2.84. The van der Waals surface area contributed by atoms with Crippen LogP contribution in [-0.2, 0) is 4.74 Å². The first-order valence-electron chi connectivity index (χ1n) is 8.26. The number of aromatic nitrogens is 1. The number of anilines is 1. The summed E-state index contributed by atoms with van der Waals surface area (Å²) in [6.45, 7) is 10.5. The molecule has 1 N–H and O–H groups in total. The number of nitrogens with zero attached hydrogens (tertiary/aromatic N) is 2. The zero-order valence-electron chi connectivity index (χ0n) is 15.0. The molecule has 1 heterocycles. The number of nitriles is 1. The van der Waals surface area contributed by atoms with Gasteiger partial charge in [0.25, 0.3) is 0 Å². The van der Waals surface area contributed by atoms with Crippen LogP contribution in [0.2, 0.25) is 5.15 Å². The highest BCUT2D eigenvalue weighted by atomic mass is 35.5. The predicted octanol–water partition coefficient (Wildman–Crippen LogP) is 5.38. The van der Waals surface area contributed by atoms with Gasteiger partial charge in [0.05, 0.1) is 17.2 Å². The third-order valence-corrected chi connectivity index (χ3v) is 4.12. The van der Waals surface area contributed by atoms with Crippen LogP contribution in [0, 0.1) is 16.7 Å². The Hall–Kier alpha value is -1.90. The zero-order chi connectivity index (χ0) is 18.9. The smallest absolute Gasteiger partial charge is 0.152 e. The van der Waals surface area contributed by atoms with Gasteiger partial charge in [-0.1, -0.05) is 31.2 Å². The summed E-state index contributed by atoms with van der Waals surface area (Å²) in [6, 6.07) is 4.03. The fourth-order valence-corrected chi connectivity index (χ4v) is 2.39. The summed E-state index contributed by atoms with van der Waals surface area (Å²) in [5, 5.41) is 12.9. The summed E-state index contributed by atoms with van der Waals surface area (Å²) < 4.78 is 19.0. The topological polar surface area (TPSA) is 57.9 Å². The van der Waals surface area contributed by atoms with E-state index in [4.69, 9.17) is 16.3 Å². The van der Waals surface area contributed by atoms with E-state index >= 15 is 0 Å². The second-order valence-electron chi connectivity index (χ2n) is 6.06. The number of ether oxygens (including phenoxy) is 1. The van der Waals surface area contributed by atoms with E-state index in [9.17, 15) is 9.65 Å². The number of rotatable bonds is 10. The van der Waals surface area contributed by atoms with Gasteiger partial charge in [-0.25, -0.2) is 9.37 Å². The maximum absolute atomic E-state index is 13.5. The number of halogens is 2. The summed E-state index contributed by atoms with van der Waals surface area (Å²) in [6.07, 6.45) is 4.67. The fraction of sp³-hybridized carbons (Fsp3) is 0.474. The van der Waals surface area contributed by atoms with Gasteiger partial charge >= 0.3 is 0 Å². The largest absolute Gasteiger partial charge is 0.381 e. The van der Waals surface area contributed by atoms with Crippen molar-refractivity contribution in [3.8, 4) is 6.07 Å². The normalized spacial score (nSPS) is 13.8. The molecule has 136 valence electrons. The van der Waals surface area contributed by atoms with Crippen LogP contribution in [0.15, 0.2) is 30.7 Å². The fourth-order valence-electron chi connectivity index (χ4n) is 2.22. The third kappa shape index (κ3) is 6.49. The molecule has 0 aromatic carbocycles. The van der Waals surface area contributed by atoms with Crippen LogP contribution < -0.4 is 5.32 Å². The highest BCUT2D eigenvalue weighted by Crippen LogP contribution is 2.29. The van der Waals surface area contributed by atoms with Crippen LogP contribution >= 0.6 is 11.6 Å². The Morgan fingerprint density at radius 1 is 1.56 bits per heavy atom. The van der Waals surface area contributed by atoms with Crippen molar-refractivity contribution >= 4 is 22.9 Å². The lowest BCUT2D eigenvalue weighted by atomic mass is 9.89. The van der Waals surface area contributed by atoms with Crippen LogP contribution in [0.4, 0.5) is 10.1 Å². The lowest BCUT2D eigenvalue weighted by Gasteiger charge is -2.23. The highest BCUT2D eigenvalue weighted by Gasteiger charge is 2.24. The first-order valence-corrected chi connectivity index (χ1v) is 8.64. The number of nitrogens with one attached hydrogen (secondary N) is 1. The molecule has 0 fully saturated rings. The van der Waals surface area contributed by atoms with Crippen molar-refractivity contribution in [2.45, 2.75) is 33.6 Å². The molecule has 25 heavy (non-hydrogen) atoms. The quantitative estimate of drug-likeness (QED) is 0.343. The Morgan fingerprint density at radius 3 is 2.84 bits per heavy atom. The minimum atomic E-state index is -0.611. The molecule has 6 heteroatoms. The lowest BCUT2D eigenvalue weighted by molar-refractivity contribution is 0.114. The van der Waals surface area contributed by atoms with Gasteiger partial charge < -0.3 is 10.1 Å².